The van der Waals surface area contributed by atoms with Crippen molar-refractivity contribution in [2.45, 2.75) is 63.7 Å². The molecule has 5 unspecified atom stereocenters. The molecule has 0 fully saturated rings. The van der Waals surface area contributed by atoms with Gasteiger partial charge in [-0.15, -0.1) is 0 Å². The molecule has 0 saturated heterocycles. The minimum absolute atomic E-state index is 0.161. The average molecular weight is 533 g/mol. The normalized spacial score (nSPS) is 15.1. The Bertz CT molecular complexity index is 1150. The Labute approximate surface area is 219 Å². The van der Waals surface area contributed by atoms with Crippen molar-refractivity contribution in [1.29, 1.82) is 0 Å². The zero-order chi connectivity index (χ0) is 28.4. The van der Waals surface area contributed by atoms with Crippen LogP contribution >= 0.6 is 0 Å². The lowest BCUT2D eigenvalue weighted by Crippen LogP contribution is -2.58. The van der Waals surface area contributed by atoms with E-state index in [1.54, 1.807) is 20.0 Å². The van der Waals surface area contributed by atoms with Crippen LogP contribution in [0.5, 0.6) is 0 Å². The van der Waals surface area contributed by atoms with Crippen LogP contribution in [0.15, 0.2) is 30.5 Å². The van der Waals surface area contributed by atoms with Crippen molar-refractivity contribution in [3.63, 3.8) is 0 Å². The summed E-state index contributed by atoms with van der Waals surface area (Å²) in [4.78, 5) is 64.4. The lowest BCUT2D eigenvalue weighted by atomic mass is 9.99. The number of carboxylic acids is 1. The first-order valence-electron chi connectivity index (χ1n) is 12.3. The van der Waals surface area contributed by atoms with Gasteiger partial charge in [-0.3, -0.25) is 19.2 Å². The number of aliphatic hydroxyl groups excluding tert-OH is 1. The fraction of sp³-hybridized carbons (Fsp3) is 0.480. The zero-order valence-corrected chi connectivity index (χ0v) is 21.4. The van der Waals surface area contributed by atoms with Crippen molar-refractivity contribution in [1.82, 2.24) is 20.9 Å². The number of rotatable bonds is 15. The van der Waals surface area contributed by atoms with E-state index in [0.717, 1.165) is 16.5 Å². The maximum Gasteiger partial charge on any atom is 0.326 e. The second-order valence-corrected chi connectivity index (χ2v) is 9.19. The molecule has 13 nitrogen and oxygen atoms in total. The number of H-pyrrole nitrogens is 1. The van der Waals surface area contributed by atoms with E-state index >= 15 is 0 Å². The van der Waals surface area contributed by atoms with Gasteiger partial charge in [0.05, 0.1) is 12.6 Å². The number of nitrogens with one attached hydrogen (secondary N) is 4. The zero-order valence-electron chi connectivity index (χ0n) is 21.4. The number of carboxylic acid groups (broad SMARTS) is 1. The summed E-state index contributed by atoms with van der Waals surface area (Å²) >= 11 is 0. The van der Waals surface area contributed by atoms with Crippen molar-refractivity contribution in [2.75, 3.05) is 6.61 Å². The predicted octanol–water partition coefficient (Wildman–Crippen LogP) is -1.12. The number of carbonyl (C=O) groups is 5. The highest BCUT2D eigenvalue weighted by atomic mass is 16.4. The molecule has 2 aromatic rings. The van der Waals surface area contributed by atoms with Crippen molar-refractivity contribution in [3.8, 4) is 0 Å². The Hall–Kier alpha value is -3.97. The summed E-state index contributed by atoms with van der Waals surface area (Å²) in [7, 11) is 0. The third kappa shape index (κ3) is 8.28. The van der Waals surface area contributed by atoms with Gasteiger partial charge < -0.3 is 42.6 Å². The summed E-state index contributed by atoms with van der Waals surface area (Å²) in [6.45, 7) is 2.56. The van der Waals surface area contributed by atoms with E-state index in [4.69, 9.17) is 11.5 Å². The molecule has 5 atom stereocenters. The average Bonchev–Trinajstić information content (AvgIpc) is 3.29. The first-order valence-corrected chi connectivity index (χ1v) is 12.3. The van der Waals surface area contributed by atoms with Gasteiger partial charge in [-0.25, -0.2) is 4.79 Å². The minimum atomic E-state index is -1.50. The van der Waals surface area contributed by atoms with E-state index in [1.165, 1.54) is 0 Å². The van der Waals surface area contributed by atoms with Crippen LogP contribution in [0.25, 0.3) is 10.9 Å². The number of amides is 4. The quantitative estimate of drug-likeness (QED) is 0.140. The Morgan fingerprint density at radius 2 is 1.63 bits per heavy atom. The van der Waals surface area contributed by atoms with Crippen LogP contribution in [-0.2, 0) is 30.4 Å². The highest BCUT2D eigenvalue weighted by Gasteiger charge is 2.32. The number of hydrogen-bond donors (Lipinski definition) is 8. The molecule has 208 valence electrons. The molecule has 0 saturated carbocycles. The maximum absolute atomic E-state index is 13.0. The number of aromatic amines is 1. The highest BCUT2D eigenvalue weighted by Crippen LogP contribution is 2.19. The Morgan fingerprint density at radius 3 is 2.24 bits per heavy atom. The van der Waals surface area contributed by atoms with Crippen molar-refractivity contribution in [3.05, 3.63) is 36.0 Å². The molecule has 0 aliphatic carbocycles. The molecule has 1 aromatic heterocycles. The number of nitrogens with two attached hydrogens (primary N) is 2. The summed E-state index contributed by atoms with van der Waals surface area (Å²) in [5.41, 5.74) is 13.0. The first-order chi connectivity index (χ1) is 18.0. The smallest absolute Gasteiger partial charge is 0.326 e. The molecule has 38 heavy (non-hydrogen) atoms. The maximum atomic E-state index is 13.0. The molecule has 2 rings (SSSR count). The summed E-state index contributed by atoms with van der Waals surface area (Å²) in [5.74, 6) is -4.84. The van der Waals surface area contributed by atoms with Crippen LogP contribution in [0.2, 0.25) is 0 Å². The molecular weight excluding hydrogens is 496 g/mol. The number of fused-ring (bicyclic) bond motifs is 1. The van der Waals surface area contributed by atoms with E-state index in [2.05, 4.69) is 20.9 Å². The van der Waals surface area contributed by atoms with Gasteiger partial charge in [-0.2, -0.15) is 0 Å². The van der Waals surface area contributed by atoms with Gasteiger partial charge in [-0.05, 0) is 30.4 Å². The summed E-state index contributed by atoms with van der Waals surface area (Å²) in [5, 5.41) is 27.1. The monoisotopic (exact) mass is 532 g/mol. The molecule has 0 aliphatic heterocycles. The largest absolute Gasteiger partial charge is 0.480 e. The molecule has 0 aliphatic rings. The topological polar surface area (TPSA) is 230 Å². The molecule has 0 bridgehead atoms. The molecule has 1 aromatic carbocycles. The van der Waals surface area contributed by atoms with Gasteiger partial charge >= 0.3 is 5.97 Å². The van der Waals surface area contributed by atoms with Crippen LogP contribution in [0, 0.1) is 5.92 Å². The van der Waals surface area contributed by atoms with E-state index in [1.807, 2.05) is 24.3 Å². The molecular formula is C25H36N6O7. The number of carbonyl (C=O) groups excluding carboxylic acids is 4. The van der Waals surface area contributed by atoms with Gasteiger partial charge in [-0.1, -0.05) is 38.5 Å². The number of aliphatic hydroxyl groups is 1. The Balaban J connectivity index is 2.10. The van der Waals surface area contributed by atoms with Crippen molar-refractivity contribution < 1.29 is 34.2 Å². The van der Waals surface area contributed by atoms with Gasteiger partial charge in [0, 0.05) is 23.5 Å². The highest BCUT2D eigenvalue weighted by molar-refractivity contribution is 5.94. The number of primary amides is 1. The summed E-state index contributed by atoms with van der Waals surface area (Å²) in [6, 6.07) is 2.41. The lowest BCUT2D eigenvalue weighted by Gasteiger charge is -2.25. The van der Waals surface area contributed by atoms with Gasteiger partial charge in [0.1, 0.15) is 18.1 Å². The van der Waals surface area contributed by atoms with Crippen molar-refractivity contribution >= 4 is 40.5 Å². The van der Waals surface area contributed by atoms with Crippen LogP contribution in [-0.4, -0.2) is 75.6 Å². The predicted molar refractivity (Wildman–Crippen MR) is 138 cm³/mol. The van der Waals surface area contributed by atoms with Crippen LogP contribution < -0.4 is 27.4 Å². The standard InChI is InChI=1S/C25H36N6O7/c1-3-13(2)21(25(37)38)31-24(36)19(12-32)30-23(35)18(8-9-20(27)33)29-22(34)16(26)10-14-11-28-17-7-5-4-6-15(14)17/h4-7,11,13,16,18-19,21,28,32H,3,8-10,12,26H2,1-2H3,(H2,27,33)(H,29,34)(H,30,35)(H,31,36)(H,37,38). The van der Waals surface area contributed by atoms with Crippen LogP contribution in [0.3, 0.4) is 0 Å². The van der Waals surface area contributed by atoms with Crippen molar-refractivity contribution in [2.24, 2.45) is 17.4 Å². The molecule has 0 radical (unpaired) electrons. The lowest BCUT2D eigenvalue weighted by molar-refractivity contribution is -0.144. The van der Waals surface area contributed by atoms with E-state index in [9.17, 15) is 34.2 Å². The minimum Gasteiger partial charge on any atom is -0.480 e. The van der Waals surface area contributed by atoms with Gasteiger partial charge in [0.15, 0.2) is 0 Å². The molecule has 1 heterocycles. The Kier molecular flexibility index (Phi) is 11.2. The Morgan fingerprint density at radius 1 is 1.00 bits per heavy atom. The van der Waals surface area contributed by atoms with Gasteiger partial charge in [0.25, 0.3) is 0 Å². The summed E-state index contributed by atoms with van der Waals surface area (Å²) < 4.78 is 0. The third-order valence-electron chi connectivity index (χ3n) is 6.36. The fourth-order valence-corrected chi connectivity index (χ4v) is 3.87. The van der Waals surface area contributed by atoms with E-state index in [0.29, 0.717) is 6.42 Å². The molecule has 13 heteroatoms. The van der Waals surface area contributed by atoms with Crippen LogP contribution in [0.1, 0.15) is 38.7 Å². The summed E-state index contributed by atoms with van der Waals surface area (Å²) in [6.07, 6.45) is 1.93. The number of hydrogen-bond acceptors (Lipinski definition) is 7. The van der Waals surface area contributed by atoms with E-state index < -0.39 is 66.3 Å². The van der Waals surface area contributed by atoms with Crippen LogP contribution in [0.4, 0.5) is 0 Å². The first kappa shape index (κ1) is 30.3. The fourth-order valence-electron chi connectivity index (χ4n) is 3.87. The number of aliphatic carboxylic acids is 1. The number of para-hydroxylation sites is 1. The number of benzene rings is 1. The second-order valence-electron chi connectivity index (χ2n) is 9.19. The second kappa shape index (κ2) is 14.1. The molecule has 4 amide bonds. The molecule has 0 spiro atoms. The SMILES string of the molecule is CCC(C)C(NC(=O)C(CO)NC(=O)C(CCC(N)=O)NC(=O)C(N)Cc1c[nH]c2ccccc12)C(=O)O. The number of aromatic nitrogens is 1. The van der Waals surface area contributed by atoms with Gasteiger partial charge in [0.2, 0.25) is 23.6 Å². The molecule has 10 N–H and O–H groups in total. The van der Waals surface area contributed by atoms with E-state index in [-0.39, 0.29) is 19.3 Å². The third-order valence-corrected chi connectivity index (χ3v) is 6.36.